The third-order valence-corrected chi connectivity index (χ3v) is 3.04. The summed E-state index contributed by atoms with van der Waals surface area (Å²) in [5.74, 6) is 0.915. The van der Waals surface area contributed by atoms with Crippen molar-refractivity contribution in [1.82, 2.24) is 4.98 Å². The highest BCUT2D eigenvalue weighted by Crippen LogP contribution is 2.21. The van der Waals surface area contributed by atoms with E-state index < -0.39 is 0 Å². The lowest BCUT2D eigenvalue weighted by Gasteiger charge is -2.12. The van der Waals surface area contributed by atoms with Crippen LogP contribution in [0, 0.1) is 0 Å². The van der Waals surface area contributed by atoms with Crippen LogP contribution in [0.15, 0.2) is 30.3 Å². The molecule has 4 heteroatoms. The molecule has 20 heavy (non-hydrogen) atoms. The highest BCUT2D eigenvalue weighted by molar-refractivity contribution is 5.81. The number of nitrogens with zero attached hydrogens (tertiary/aromatic N) is 1. The van der Waals surface area contributed by atoms with Gasteiger partial charge in [0.05, 0.1) is 12.1 Å². The summed E-state index contributed by atoms with van der Waals surface area (Å²) in [6, 6.07) is 10.3. The third kappa shape index (κ3) is 3.92. The SMILES string of the molecule is CCNc1nc2ccccc2cc1COCCCOC. The molecular formula is C16H22N2O2. The topological polar surface area (TPSA) is 43.4 Å². The van der Waals surface area contributed by atoms with Gasteiger partial charge in [-0.1, -0.05) is 18.2 Å². The summed E-state index contributed by atoms with van der Waals surface area (Å²) in [4.78, 5) is 4.66. The van der Waals surface area contributed by atoms with Crippen LogP contribution in [0.2, 0.25) is 0 Å². The molecule has 0 bridgehead atoms. The van der Waals surface area contributed by atoms with Crippen LogP contribution < -0.4 is 5.32 Å². The van der Waals surface area contributed by atoms with Gasteiger partial charge in [0.2, 0.25) is 0 Å². The average molecular weight is 274 g/mol. The summed E-state index contributed by atoms with van der Waals surface area (Å²) in [7, 11) is 1.70. The van der Waals surface area contributed by atoms with Crippen molar-refractivity contribution in [1.29, 1.82) is 0 Å². The number of fused-ring (bicyclic) bond motifs is 1. The van der Waals surface area contributed by atoms with Gasteiger partial charge in [0.1, 0.15) is 5.82 Å². The van der Waals surface area contributed by atoms with E-state index in [0.29, 0.717) is 13.2 Å². The number of pyridine rings is 1. The van der Waals surface area contributed by atoms with Crippen LogP contribution in [0.1, 0.15) is 18.9 Å². The first-order valence-electron chi connectivity index (χ1n) is 7.04. The fourth-order valence-electron chi connectivity index (χ4n) is 2.08. The molecule has 0 fully saturated rings. The second-order valence-corrected chi connectivity index (χ2v) is 4.62. The number of ether oxygens (including phenoxy) is 2. The number of rotatable bonds is 8. The predicted molar refractivity (Wildman–Crippen MR) is 82.1 cm³/mol. The number of anilines is 1. The lowest BCUT2D eigenvalue weighted by Crippen LogP contribution is -2.06. The van der Waals surface area contributed by atoms with Gasteiger partial charge in [-0.15, -0.1) is 0 Å². The predicted octanol–water partition coefficient (Wildman–Crippen LogP) is 3.22. The Morgan fingerprint density at radius 3 is 2.85 bits per heavy atom. The van der Waals surface area contributed by atoms with E-state index in [1.165, 1.54) is 0 Å². The van der Waals surface area contributed by atoms with Crippen molar-refractivity contribution in [2.24, 2.45) is 0 Å². The number of hydrogen-bond acceptors (Lipinski definition) is 4. The highest BCUT2D eigenvalue weighted by atomic mass is 16.5. The molecule has 0 aliphatic heterocycles. The van der Waals surface area contributed by atoms with E-state index in [4.69, 9.17) is 9.47 Å². The molecule has 1 aromatic heterocycles. The van der Waals surface area contributed by atoms with Crippen molar-refractivity contribution in [3.63, 3.8) is 0 Å². The van der Waals surface area contributed by atoms with Gasteiger partial charge in [0, 0.05) is 37.8 Å². The Labute approximate surface area is 120 Å². The molecule has 0 aliphatic carbocycles. The summed E-state index contributed by atoms with van der Waals surface area (Å²) in [5.41, 5.74) is 2.11. The van der Waals surface area contributed by atoms with Crippen molar-refractivity contribution >= 4 is 16.7 Å². The molecule has 2 rings (SSSR count). The van der Waals surface area contributed by atoms with Crippen molar-refractivity contribution < 1.29 is 9.47 Å². The van der Waals surface area contributed by atoms with E-state index >= 15 is 0 Å². The van der Waals surface area contributed by atoms with E-state index in [-0.39, 0.29) is 0 Å². The zero-order valence-corrected chi connectivity index (χ0v) is 12.2. The Hall–Kier alpha value is -1.65. The number of hydrogen-bond donors (Lipinski definition) is 1. The first-order valence-corrected chi connectivity index (χ1v) is 7.04. The van der Waals surface area contributed by atoms with Gasteiger partial charge in [-0.05, 0) is 25.5 Å². The van der Waals surface area contributed by atoms with Crippen LogP contribution in [-0.4, -0.2) is 31.9 Å². The lowest BCUT2D eigenvalue weighted by molar-refractivity contribution is 0.0931. The second-order valence-electron chi connectivity index (χ2n) is 4.62. The lowest BCUT2D eigenvalue weighted by atomic mass is 10.1. The number of benzene rings is 1. The van der Waals surface area contributed by atoms with E-state index in [1.54, 1.807) is 7.11 Å². The Balaban J connectivity index is 2.10. The number of para-hydroxylation sites is 1. The molecular weight excluding hydrogens is 252 g/mol. The minimum absolute atomic E-state index is 0.573. The molecule has 0 saturated carbocycles. The second kappa shape index (κ2) is 7.82. The summed E-state index contributed by atoms with van der Waals surface area (Å²) in [5, 5.41) is 4.45. The zero-order valence-electron chi connectivity index (χ0n) is 12.2. The molecule has 4 nitrogen and oxygen atoms in total. The zero-order chi connectivity index (χ0) is 14.2. The number of nitrogens with one attached hydrogen (secondary N) is 1. The van der Waals surface area contributed by atoms with Gasteiger partial charge in [0.25, 0.3) is 0 Å². The molecule has 1 heterocycles. The maximum absolute atomic E-state index is 5.70. The van der Waals surface area contributed by atoms with Crippen molar-refractivity contribution in [2.45, 2.75) is 20.0 Å². The van der Waals surface area contributed by atoms with Gasteiger partial charge in [0.15, 0.2) is 0 Å². The maximum atomic E-state index is 5.70. The van der Waals surface area contributed by atoms with E-state index in [2.05, 4.69) is 29.4 Å². The summed E-state index contributed by atoms with van der Waals surface area (Å²) >= 11 is 0. The summed E-state index contributed by atoms with van der Waals surface area (Å²) in [6.07, 6.45) is 0.911. The Morgan fingerprint density at radius 1 is 1.20 bits per heavy atom. The minimum Gasteiger partial charge on any atom is -0.385 e. The normalized spacial score (nSPS) is 10.9. The number of aromatic nitrogens is 1. The van der Waals surface area contributed by atoms with Gasteiger partial charge in [-0.2, -0.15) is 0 Å². The standard InChI is InChI=1S/C16H22N2O2/c1-3-17-16-14(12-20-10-6-9-19-2)11-13-7-4-5-8-15(13)18-16/h4-5,7-8,11H,3,6,9-10,12H2,1-2H3,(H,17,18). The fourth-order valence-corrected chi connectivity index (χ4v) is 2.08. The van der Waals surface area contributed by atoms with E-state index in [1.807, 2.05) is 18.2 Å². The molecule has 0 radical (unpaired) electrons. The van der Waals surface area contributed by atoms with Crippen molar-refractivity contribution in [3.8, 4) is 0 Å². The first-order chi connectivity index (χ1) is 9.85. The maximum Gasteiger partial charge on any atom is 0.132 e. The van der Waals surface area contributed by atoms with Crippen LogP contribution in [0.4, 0.5) is 5.82 Å². The summed E-state index contributed by atoms with van der Waals surface area (Å²) < 4.78 is 10.7. The van der Waals surface area contributed by atoms with Crippen molar-refractivity contribution in [3.05, 3.63) is 35.9 Å². The molecule has 1 N–H and O–H groups in total. The molecule has 0 aliphatic rings. The minimum atomic E-state index is 0.573. The number of methoxy groups -OCH3 is 1. The monoisotopic (exact) mass is 274 g/mol. The Bertz CT molecular complexity index is 543. The third-order valence-electron chi connectivity index (χ3n) is 3.04. The molecule has 108 valence electrons. The molecule has 0 amide bonds. The first kappa shape index (κ1) is 14.8. The van der Waals surface area contributed by atoms with Crippen molar-refractivity contribution in [2.75, 3.05) is 32.2 Å². The smallest absolute Gasteiger partial charge is 0.132 e. The average Bonchev–Trinajstić information content (AvgIpc) is 2.47. The molecule has 2 aromatic rings. The van der Waals surface area contributed by atoms with Crippen LogP contribution in [0.25, 0.3) is 10.9 Å². The van der Waals surface area contributed by atoms with Gasteiger partial charge in [-0.3, -0.25) is 0 Å². The molecule has 0 saturated heterocycles. The molecule has 0 atom stereocenters. The van der Waals surface area contributed by atoms with E-state index in [9.17, 15) is 0 Å². The fraction of sp³-hybridized carbons (Fsp3) is 0.438. The van der Waals surface area contributed by atoms with Crippen LogP contribution in [0.3, 0.4) is 0 Å². The molecule has 1 aromatic carbocycles. The highest BCUT2D eigenvalue weighted by Gasteiger charge is 2.06. The molecule has 0 spiro atoms. The quantitative estimate of drug-likeness (QED) is 0.751. The van der Waals surface area contributed by atoms with Gasteiger partial charge in [-0.25, -0.2) is 4.98 Å². The van der Waals surface area contributed by atoms with E-state index in [0.717, 1.165) is 41.9 Å². The Morgan fingerprint density at radius 2 is 2.05 bits per heavy atom. The van der Waals surface area contributed by atoms with Crippen LogP contribution in [-0.2, 0) is 16.1 Å². The van der Waals surface area contributed by atoms with Gasteiger partial charge < -0.3 is 14.8 Å². The summed E-state index contributed by atoms with van der Waals surface area (Å²) in [6.45, 7) is 4.92. The van der Waals surface area contributed by atoms with Crippen LogP contribution >= 0.6 is 0 Å². The van der Waals surface area contributed by atoms with Gasteiger partial charge >= 0.3 is 0 Å². The Kier molecular flexibility index (Phi) is 5.77. The van der Waals surface area contributed by atoms with Crippen LogP contribution in [0.5, 0.6) is 0 Å². The molecule has 0 unspecified atom stereocenters. The largest absolute Gasteiger partial charge is 0.385 e.